The van der Waals surface area contributed by atoms with Crippen LogP contribution in [0.15, 0.2) is 53.4 Å². The fraction of sp³-hybridized carbons (Fsp3) is 0.300. The number of sulfonamides is 1. The topological polar surface area (TPSA) is 102 Å². The highest BCUT2D eigenvalue weighted by Gasteiger charge is 2.21. The van der Waals surface area contributed by atoms with E-state index in [9.17, 15) is 18.0 Å². The molecule has 0 aromatic heterocycles. The van der Waals surface area contributed by atoms with Crippen LogP contribution in [0, 0.1) is 0 Å². The lowest BCUT2D eigenvalue weighted by atomic mass is 10.2. The van der Waals surface area contributed by atoms with Crippen molar-refractivity contribution >= 4 is 33.5 Å². The fourth-order valence-corrected chi connectivity index (χ4v) is 3.90. The van der Waals surface area contributed by atoms with Gasteiger partial charge in [-0.05, 0) is 30.2 Å². The minimum atomic E-state index is -3.96. The van der Waals surface area contributed by atoms with E-state index in [0.717, 1.165) is 24.5 Å². The summed E-state index contributed by atoms with van der Waals surface area (Å²) < 4.78 is 32.6. The Morgan fingerprint density at radius 2 is 1.83 bits per heavy atom. The molecule has 1 amide bonds. The van der Waals surface area contributed by atoms with E-state index in [1.54, 1.807) is 24.3 Å². The van der Waals surface area contributed by atoms with Gasteiger partial charge in [-0.2, -0.15) is 0 Å². The lowest BCUT2D eigenvalue weighted by Gasteiger charge is -2.11. The van der Waals surface area contributed by atoms with Crippen LogP contribution in [0.2, 0.25) is 5.02 Å². The van der Waals surface area contributed by atoms with E-state index in [1.807, 2.05) is 13.0 Å². The van der Waals surface area contributed by atoms with Crippen molar-refractivity contribution in [2.75, 3.05) is 13.2 Å². The highest BCUT2D eigenvalue weighted by molar-refractivity contribution is 7.89. The summed E-state index contributed by atoms with van der Waals surface area (Å²) in [6.45, 7) is 2.13. The second kappa shape index (κ2) is 10.9. The van der Waals surface area contributed by atoms with Gasteiger partial charge in [0.15, 0.2) is 6.61 Å². The van der Waals surface area contributed by atoms with Crippen molar-refractivity contribution in [3.63, 3.8) is 0 Å². The number of esters is 1. The molecule has 9 heteroatoms. The van der Waals surface area contributed by atoms with Crippen molar-refractivity contribution in [2.45, 2.75) is 31.2 Å². The van der Waals surface area contributed by atoms with Crippen LogP contribution in [-0.2, 0) is 26.1 Å². The molecule has 29 heavy (non-hydrogen) atoms. The molecule has 156 valence electrons. The second-order valence-electron chi connectivity index (χ2n) is 6.23. The van der Waals surface area contributed by atoms with Crippen LogP contribution in [0.25, 0.3) is 0 Å². The third kappa shape index (κ3) is 7.16. The van der Waals surface area contributed by atoms with E-state index < -0.39 is 28.5 Å². The monoisotopic (exact) mass is 438 g/mol. The van der Waals surface area contributed by atoms with Crippen molar-refractivity contribution in [3.05, 3.63) is 64.7 Å². The first-order valence-corrected chi connectivity index (χ1v) is 11.0. The largest absolute Gasteiger partial charge is 0.452 e. The SMILES string of the molecule is CCCCNC(=O)COC(=O)c1ccc(Cl)c(S(=O)(=O)NCc2ccccc2)c1. The van der Waals surface area contributed by atoms with Gasteiger partial charge >= 0.3 is 5.97 Å². The molecule has 0 aliphatic carbocycles. The number of halogens is 1. The lowest BCUT2D eigenvalue weighted by molar-refractivity contribution is -0.124. The number of amides is 1. The first-order valence-electron chi connectivity index (χ1n) is 9.10. The molecule has 0 radical (unpaired) electrons. The second-order valence-corrected chi connectivity index (χ2v) is 8.38. The average Bonchev–Trinajstić information content (AvgIpc) is 2.72. The Kier molecular flexibility index (Phi) is 8.63. The van der Waals surface area contributed by atoms with Gasteiger partial charge < -0.3 is 10.1 Å². The minimum absolute atomic E-state index is 0.0177. The molecule has 2 aromatic carbocycles. The van der Waals surface area contributed by atoms with Crippen LogP contribution in [-0.4, -0.2) is 33.4 Å². The number of carbonyl (C=O) groups is 2. The van der Waals surface area contributed by atoms with E-state index in [1.165, 1.54) is 12.1 Å². The van der Waals surface area contributed by atoms with E-state index in [2.05, 4.69) is 10.0 Å². The van der Waals surface area contributed by atoms with Gasteiger partial charge in [0.2, 0.25) is 10.0 Å². The highest BCUT2D eigenvalue weighted by atomic mass is 35.5. The van der Waals surface area contributed by atoms with Gasteiger partial charge in [-0.15, -0.1) is 0 Å². The molecule has 0 atom stereocenters. The maximum Gasteiger partial charge on any atom is 0.338 e. The summed E-state index contributed by atoms with van der Waals surface area (Å²) in [6, 6.07) is 12.8. The van der Waals surface area contributed by atoms with Gasteiger partial charge in [-0.25, -0.2) is 17.9 Å². The van der Waals surface area contributed by atoms with Crippen molar-refractivity contribution < 1.29 is 22.7 Å². The number of benzene rings is 2. The van der Waals surface area contributed by atoms with Crippen molar-refractivity contribution in [1.82, 2.24) is 10.0 Å². The zero-order valence-electron chi connectivity index (χ0n) is 16.0. The first kappa shape index (κ1) is 22.9. The van der Waals surface area contributed by atoms with Crippen LogP contribution in [0.1, 0.15) is 35.7 Å². The molecule has 0 bridgehead atoms. The van der Waals surface area contributed by atoms with E-state index in [-0.39, 0.29) is 22.0 Å². The van der Waals surface area contributed by atoms with Crippen LogP contribution in [0.4, 0.5) is 0 Å². The van der Waals surface area contributed by atoms with Crippen LogP contribution >= 0.6 is 11.6 Å². The number of unbranched alkanes of at least 4 members (excludes halogenated alkanes) is 1. The van der Waals surface area contributed by atoms with Crippen LogP contribution in [0.5, 0.6) is 0 Å². The van der Waals surface area contributed by atoms with Crippen LogP contribution in [0.3, 0.4) is 0 Å². The molecule has 0 aliphatic rings. The zero-order chi connectivity index (χ0) is 21.3. The number of rotatable bonds is 10. The van der Waals surface area contributed by atoms with Crippen molar-refractivity contribution in [3.8, 4) is 0 Å². The van der Waals surface area contributed by atoms with E-state index in [4.69, 9.17) is 16.3 Å². The van der Waals surface area contributed by atoms with Crippen molar-refractivity contribution in [2.24, 2.45) is 0 Å². The summed E-state index contributed by atoms with van der Waals surface area (Å²) in [5.41, 5.74) is 0.757. The molecule has 0 saturated carbocycles. The smallest absolute Gasteiger partial charge is 0.338 e. The highest BCUT2D eigenvalue weighted by Crippen LogP contribution is 2.23. The van der Waals surface area contributed by atoms with E-state index in [0.29, 0.717) is 6.54 Å². The molecule has 7 nitrogen and oxygen atoms in total. The molecule has 0 spiro atoms. The average molecular weight is 439 g/mol. The zero-order valence-corrected chi connectivity index (χ0v) is 17.6. The van der Waals surface area contributed by atoms with Gasteiger partial charge in [-0.3, -0.25) is 4.79 Å². The Bertz CT molecular complexity index is 949. The molecule has 0 unspecified atom stereocenters. The van der Waals surface area contributed by atoms with Crippen LogP contribution < -0.4 is 10.0 Å². The Labute approximate surface area is 175 Å². The fourth-order valence-electron chi connectivity index (χ4n) is 2.36. The summed E-state index contributed by atoms with van der Waals surface area (Å²) in [5.74, 6) is -1.23. The third-order valence-electron chi connectivity index (χ3n) is 3.95. The summed E-state index contributed by atoms with van der Waals surface area (Å²) in [4.78, 5) is 23.6. The summed E-state index contributed by atoms with van der Waals surface area (Å²) in [6.07, 6.45) is 1.76. The van der Waals surface area contributed by atoms with Gasteiger partial charge in [-0.1, -0.05) is 55.3 Å². The quantitative estimate of drug-likeness (QED) is 0.438. The van der Waals surface area contributed by atoms with Gasteiger partial charge in [0.25, 0.3) is 5.91 Å². The molecular formula is C20H23ClN2O5S. The lowest BCUT2D eigenvalue weighted by Crippen LogP contribution is -2.29. The minimum Gasteiger partial charge on any atom is -0.452 e. The molecular weight excluding hydrogens is 416 g/mol. The Hall–Kier alpha value is -2.42. The normalized spacial score (nSPS) is 11.1. The molecule has 2 rings (SSSR count). The molecule has 0 fully saturated rings. The maximum absolute atomic E-state index is 12.6. The molecule has 0 aliphatic heterocycles. The van der Waals surface area contributed by atoms with Gasteiger partial charge in [0, 0.05) is 13.1 Å². The molecule has 2 aromatic rings. The molecule has 0 heterocycles. The third-order valence-corrected chi connectivity index (χ3v) is 5.84. The summed E-state index contributed by atoms with van der Waals surface area (Å²) >= 11 is 6.03. The predicted molar refractivity (Wildman–Crippen MR) is 110 cm³/mol. The molecule has 2 N–H and O–H groups in total. The maximum atomic E-state index is 12.6. The van der Waals surface area contributed by atoms with Crippen molar-refractivity contribution in [1.29, 1.82) is 0 Å². The van der Waals surface area contributed by atoms with E-state index >= 15 is 0 Å². The Balaban J connectivity index is 2.04. The van der Waals surface area contributed by atoms with Gasteiger partial charge in [0.05, 0.1) is 10.6 Å². The number of carbonyl (C=O) groups excluding carboxylic acids is 2. The Morgan fingerprint density at radius 1 is 1.10 bits per heavy atom. The number of hydrogen-bond acceptors (Lipinski definition) is 5. The Morgan fingerprint density at radius 3 is 2.52 bits per heavy atom. The predicted octanol–water partition coefficient (Wildman–Crippen LogP) is 2.89. The molecule has 0 saturated heterocycles. The number of hydrogen-bond donors (Lipinski definition) is 2. The standard InChI is InChI=1S/C20H23ClN2O5S/c1-2-3-11-22-19(24)14-28-20(25)16-9-10-17(21)18(12-16)29(26,27)23-13-15-7-5-4-6-8-15/h4-10,12,23H,2-3,11,13-14H2,1H3,(H,22,24). The first-order chi connectivity index (χ1) is 13.8. The number of nitrogens with one attached hydrogen (secondary N) is 2. The summed E-state index contributed by atoms with van der Waals surface area (Å²) in [5, 5.41) is 2.60. The number of ether oxygens (including phenoxy) is 1. The van der Waals surface area contributed by atoms with Gasteiger partial charge in [0.1, 0.15) is 4.90 Å². The summed E-state index contributed by atoms with van der Waals surface area (Å²) in [7, 11) is -3.96.